The van der Waals surface area contributed by atoms with Crippen molar-refractivity contribution in [3.8, 4) is 0 Å². The van der Waals surface area contributed by atoms with Gasteiger partial charge >= 0.3 is 0 Å². The maximum Gasteiger partial charge on any atom is 0.232 e. The van der Waals surface area contributed by atoms with Gasteiger partial charge in [-0.1, -0.05) is 32.0 Å². The lowest BCUT2D eigenvalue weighted by Crippen LogP contribution is -2.39. The van der Waals surface area contributed by atoms with Crippen molar-refractivity contribution in [1.82, 2.24) is 10.3 Å². The number of rotatable bonds is 6. The van der Waals surface area contributed by atoms with Gasteiger partial charge in [0.1, 0.15) is 0 Å². The number of para-hydroxylation sites is 1. The Morgan fingerprint density at radius 2 is 1.96 bits per heavy atom. The van der Waals surface area contributed by atoms with Crippen LogP contribution in [0.25, 0.3) is 10.9 Å². The molecule has 1 aromatic carbocycles. The topological polar surface area (TPSA) is 79.4 Å². The van der Waals surface area contributed by atoms with Gasteiger partial charge in [0.25, 0.3) is 0 Å². The maximum absolute atomic E-state index is 12.2. The van der Waals surface area contributed by atoms with Crippen molar-refractivity contribution in [2.75, 3.05) is 23.7 Å². The van der Waals surface area contributed by atoms with E-state index in [1.165, 1.54) is 4.31 Å². The monoisotopic (exact) mass is 335 g/mol. The van der Waals surface area contributed by atoms with Crippen molar-refractivity contribution in [2.45, 2.75) is 13.8 Å². The number of nitrogens with one attached hydrogen (secondary N) is 1. The van der Waals surface area contributed by atoms with Crippen LogP contribution >= 0.6 is 0 Å². The highest BCUT2D eigenvalue weighted by atomic mass is 32.2. The van der Waals surface area contributed by atoms with Crippen LogP contribution in [-0.2, 0) is 14.8 Å². The first kappa shape index (κ1) is 17.2. The van der Waals surface area contributed by atoms with Crippen LogP contribution in [0.3, 0.4) is 0 Å². The molecule has 2 aromatic rings. The third-order valence-corrected chi connectivity index (χ3v) is 4.60. The van der Waals surface area contributed by atoms with E-state index in [1.807, 2.05) is 12.1 Å². The van der Waals surface area contributed by atoms with Gasteiger partial charge < -0.3 is 5.32 Å². The number of anilines is 1. The second kappa shape index (κ2) is 6.95. The highest BCUT2D eigenvalue weighted by Gasteiger charge is 2.20. The van der Waals surface area contributed by atoms with Crippen LogP contribution in [0.15, 0.2) is 36.5 Å². The summed E-state index contributed by atoms with van der Waals surface area (Å²) >= 11 is 0. The average molecular weight is 335 g/mol. The summed E-state index contributed by atoms with van der Waals surface area (Å²) < 4.78 is 25.6. The fraction of sp³-hybridized carbons (Fsp3) is 0.375. The van der Waals surface area contributed by atoms with E-state index in [4.69, 9.17) is 0 Å². The summed E-state index contributed by atoms with van der Waals surface area (Å²) in [5, 5.41) is 3.60. The fourth-order valence-electron chi connectivity index (χ4n) is 2.24. The molecule has 0 saturated carbocycles. The molecule has 1 N–H and O–H groups in total. The molecule has 1 aromatic heterocycles. The number of sulfonamides is 1. The number of benzene rings is 1. The molecule has 6 nitrogen and oxygen atoms in total. The first-order valence-electron chi connectivity index (χ1n) is 7.40. The standard InChI is InChI=1S/C16H21N3O3S/c1-12(2)16(20)18-10-11-19(23(3,21)22)14-8-4-6-13-7-5-9-17-15(13)14/h4-9,12H,10-11H2,1-3H3,(H,18,20). The van der Waals surface area contributed by atoms with Gasteiger partial charge in [0.2, 0.25) is 15.9 Å². The van der Waals surface area contributed by atoms with Crippen LogP contribution in [0.4, 0.5) is 5.69 Å². The number of aromatic nitrogens is 1. The lowest BCUT2D eigenvalue weighted by Gasteiger charge is -2.23. The van der Waals surface area contributed by atoms with Gasteiger partial charge in [-0.15, -0.1) is 0 Å². The minimum absolute atomic E-state index is 0.102. The molecule has 0 radical (unpaired) electrons. The van der Waals surface area contributed by atoms with Crippen LogP contribution in [0, 0.1) is 5.92 Å². The molecule has 1 heterocycles. The predicted octanol–water partition coefficient (Wildman–Crippen LogP) is 1.77. The molecular formula is C16H21N3O3S. The Morgan fingerprint density at radius 1 is 1.26 bits per heavy atom. The minimum Gasteiger partial charge on any atom is -0.354 e. The molecule has 1 amide bonds. The maximum atomic E-state index is 12.2. The van der Waals surface area contributed by atoms with Crippen LogP contribution in [0.2, 0.25) is 0 Å². The van der Waals surface area contributed by atoms with Crippen molar-refractivity contribution in [3.05, 3.63) is 36.5 Å². The minimum atomic E-state index is -3.49. The highest BCUT2D eigenvalue weighted by molar-refractivity contribution is 7.92. The number of carbonyl (C=O) groups is 1. The Hall–Kier alpha value is -2.15. The molecular weight excluding hydrogens is 314 g/mol. The molecule has 0 aliphatic heterocycles. The number of hydrogen-bond donors (Lipinski definition) is 1. The van der Waals surface area contributed by atoms with Crippen molar-refractivity contribution >= 4 is 32.5 Å². The van der Waals surface area contributed by atoms with E-state index in [1.54, 1.807) is 38.2 Å². The summed E-state index contributed by atoms with van der Waals surface area (Å²) in [6, 6.07) is 9.09. The lowest BCUT2D eigenvalue weighted by atomic mass is 10.2. The second-order valence-corrected chi connectivity index (χ2v) is 7.54. The molecule has 0 atom stereocenters. The number of pyridine rings is 1. The predicted molar refractivity (Wildman–Crippen MR) is 91.8 cm³/mol. The molecule has 0 aliphatic carbocycles. The van der Waals surface area contributed by atoms with Crippen molar-refractivity contribution in [3.63, 3.8) is 0 Å². The Bertz CT molecular complexity index is 798. The molecule has 0 unspecified atom stereocenters. The van der Waals surface area contributed by atoms with Gasteiger partial charge in [0.15, 0.2) is 0 Å². The summed E-state index contributed by atoms with van der Waals surface area (Å²) in [6.07, 6.45) is 2.78. The van der Waals surface area contributed by atoms with E-state index in [-0.39, 0.29) is 24.9 Å². The summed E-state index contributed by atoms with van der Waals surface area (Å²) in [7, 11) is -3.49. The molecule has 124 valence electrons. The van der Waals surface area contributed by atoms with E-state index < -0.39 is 10.0 Å². The average Bonchev–Trinajstić information content (AvgIpc) is 2.49. The Kier molecular flexibility index (Phi) is 5.20. The fourth-order valence-corrected chi connectivity index (χ4v) is 3.17. The summed E-state index contributed by atoms with van der Waals surface area (Å²) in [6.45, 7) is 3.98. The molecule has 0 aliphatic rings. The molecule has 0 bridgehead atoms. The van der Waals surface area contributed by atoms with Crippen molar-refractivity contribution < 1.29 is 13.2 Å². The molecule has 0 saturated heterocycles. The van der Waals surface area contributed by atoms with Crippen LogP contribution in [0.5, 0.6) is 0 Å². The van der Waals surface area contributed by atoms with E-state index in [2.05, 4.69) is 10.3 Å². The van der Waals surface area contributed by atoms with Gasteiger partial charge in [0, 0.05) is 24.0 Å². The van der Waals surface area contributed by atoms with Gasteiger partial charge in [-0.05, 0) is 12.1 Å². The third kappa shape index (κ3) is 4.19. The SMILES string of the molecule is CC(C)C(=O)NCCN(c1cccc2cccnc12)S(C)(=O)=O. The zero-order chi connectivity index (χ0) is 17.0. The molecule has 0 spiro atoms. The highest BCUT2D eigenvalue weighted by Crippen LogP contribution is 2.26. The molecule has 0 fully saturated rings. The van der Waals surface area contributed by atoms with E-state index >= 15 is 0 Å². The van der Waals surface area contributed by atoms with Crippen molar-refractivity contribution in [1.29, 1.82) is 0 Å². The lowest BCUT2D eigenvalue weighted by molar-refractivity contribution is -0.123. The van der Waals surface area contributed by atoms with Gasteiger partial charge in [-0.3, -0.25) is 14.1 Å². The number of carbonyl (C=O) groups excluding carboxylic acids is 1. The van der Waals surface area contributed by atoms with E-state index in [0.29, 0.717) is 11.2 Å². The number of amides is 1. The zero-order valence-corrected chi connectivity index (χ0v) is 14.3. The largest absolute Gasteiger partial charge is 0.354 e. The number of hydrogen-bond acceptors (Lipinski definition) is 4. The van der Waals surface area contributed by atoms with Crippen molar-refractivity contribution in [2.24, 2.45) is 5.92 Å². The Labute approximate surface area is 136 Å². The second-order valence-electron chi connectivity index (χ2n) is 5.63. The quantitative estimate of drug-likeness (QED) is 0.872. The van der Waals surface area contributed by atoms with Gasteiger partial charge in [0.05, 0.1) is 24.0 Å². The van der Waals surface area contributed by atoms with Gasteiger partial charge in [-0.2, -0.15) is 0 Å². The normalized spacial score (nSPS) is 11.7. The van der Waals surface area contributed by atoms with E-state index in [0.717, 1.165) is 11.6 Å². The smallest absolute Gasteiger partial charge is 0.232 e. The number of fused-ring (bicyclic) bond motifs is 1. The summed E-state index contributed by atoms with van der Waals surface area (Å²) in [5.74, 6) is -0.240. The van der Waals surface area contributed by atoms with Crippen LogP contribution in [0.1, 0.15) is 13.8 Å². The zero-order valence-electron chi connectivity index (χ0n) is 13.5. The first-order chi connectivity index (χ1) is 10.8. The van der Waals surface area contributed by atoms with Crippen LogP contribution in [-0.4, -0.2) is 38.7 Å². The van der Waals surface area contributed by atoms with Crippen LogP contribution < -0.4 is 9.62 Å². The summed E-state index contributed by atoms with van der Waals surface area (Å²) in [4.78, 5) is 15.9. The first-order valence-corrected chi connectivity index (χ1v) is 9.24. The molecule has 7 heteroatoms. The number of nitrogens with zero attached hydrogens (tertiary/aromatic N) is 2. The Morgan fingerprint density at radius 3 is 2.61 bits per heavy atom. The molecule has 2 rings (SSSR count). The van der Waals surface area contributed by atoms with E-state index in [9.17, 15) is 13.2 Å². The summed E-state index contributed by atoms with van der Waals surface area (Å²) in [5.41, 5.74) is 1.14. The van der Waals surface area contributed by atoms with Gasteiger partial charge in [-0.25, -0.2) is 8.42 Å². The third-order valence-electron chi connectivity index (χ3n) is 3.42. The molecule has 23 heavy (non-hydrogen) atoms. The Balaban J connectivity index is 2.30.